The summed E-state index contributed by atoms with van der Waals surface area (Å²) >= 11 is 1.62. The molecule has 0 saturated carbocycles. The molecule has 1 N–H and O–H groups in total. The summed E-state index contributed by atoms with van der Waals surface area (Å²) in [6.45, 7) is 2.82. The van der Waals surface area contributed by atoms with Crippen LogP contribution in [0.1, 0.15) is 13.3 Å². The van der Waals surface area contributed by atoms with E-state index in [-0.39, 0.29) is 6.04 Å². The normalized spacial score (nSPS) is 12.4. The third-order valence-corrected chi connectivity index (χ3v) is 3.50. The summed E-state index contributed by atoms with van der Waals surface area (Å²) in [4.78, 5) is 0. The van der Waals surface area contributed by atoms with Crippen LogP contribution in [0.3, 0.4) is 0 Å². The molecule has 6 heteroatoms. The van der Waals surface area contributed by atoms with E-state index in [4.69, 9.17) is 5.26 Å². The van der Waals surface area contributed by atoms with Gasteiger partial charge in [0, 0.05) is 11.9 Å². The van der Waals surface area contributed by atoms with Gasteiger partial charge in [0.2, 0.25) is 0 Å². The number of hydrogen-bond acceptors (Lipinski definition) is 5. The number of pyridine rings is 1. The Morgan fingerprint density at radius 3 is 3.17 bits per heavy atom. The van der Waals surface area contributed by atoms with E-state index in [0.717, 1.165) is 29.5 Å². The molecular weight excluding hydrogens is 246 g/mol. The molecule has 94 valence electrons. The molecule has 0 saturated heterocycles. The van der Waals surface area contributed by atoms with Crippen molar-refractivity contribution in [3.8, 4) is 6.07 Å². The smallest absolute Gasteiger partial charge is 0.195 e. The van der Waals surface area contributed by atoms with Crippen LogP contribution in [0.2, 0.25) is 0 Å². The van der Waals surface area contributed by atoms with Crippen molar-refractivity contribution < 1.29 is 0 Å². The Labute approximate surface area is 110 Å². The molecule has 0 spiro atoms. The van der Waals surface area contributed by atoms with Crippen molar-refractivity contribution in [2.45, 2.75) is 24.5 Å². The maximum Gasteiger partial charge on any atom is 0.195 e. The number of aromatic nitrogens is 3. The SMILES string of the molecule is CCNC(C#N)CCSc1nnc2ccccn12. The fourth-order valence-corrected chi connectivity index (χ4v) is 2.57. The van der Waals surface area contributed by atoms with Gasteiger partial charge < -0.3 is 5.32 Å². The van der Waals surface area contributed by atoms with Crippen LogP contribution in [0.25, 0.3) is 5.65 Å². The number of nitrogens with zero attached hydrogens (tertiary/aromatic N) is 4. The predicted octanol–water partition coefficient (Wildman–Crippen LogP) is 1.71. The average Bonchev–Trinajstić information content (AvgIpc) is 2.81. The van der Waals surface area contributed by atoms with Crippen molar-refractivity contribution in [1.82, 2.24) is 19.9 Å². The van der Waals surface area contributed by atoms with Gasteiger partial charge in [0.15, 0.2) is 10.8 Å². The molecule has 5 nitrogen and oxygen atoms in total. The van der Waals surface area contributed by atoms with E-state index in [1.54, 1.807) is 11.8 Å². The molecule has 0 aliphatic rings. The third kappa shape index (κ3) is 3.00. The minimum atomic E-state index is -0.0818. The first-order valence-corrected chi connectivity index (χ1v) is 6.89. The fourth-order valence-electron chi connectivity index (χ4n) is 1.64. The van der Waals surface area contributed by atoms with E-state index in [1.807, 2.05) is 35.7 Å². The second-order valence-corrected chi connectivity index (χ2v) is 4.85. The minimum absolute atomic E-state index is 0.0818. The average molecular weight is 261 g/mol. The number of thioether (sulfide) groups is 1. The molecular formula is C12H15N5S. The summed E-state index contributed by atoms with van der Waals surface area (Å²) in [7, 11) is 0. The molecule has 0 bridgehead atoms. The van der Waals surface area contributed by atoms with Crippen molar-refractivity contribution in [1.29, 1.82) is 5.26 Å². The third-order valence-electron chi connectivity index (χ3n) is 2.53. The zero-order valence-electron chi connectivity index (χ0n) is 10.2. The highest BCUT2D eigenvalue weighted by Crippen LogP contribution is 2.17. The lowest BCUT2D eigenvalue weighted by Crippen LogP contribution is -2.27. The molecule has 0 fully saturated rings. The zero-order valence-corrected chi connectivity index (χ0v) is 11.0. The summed E-state index contributed by atoms with van der Waals surface area (Å²) < 4.78 is 1.96. The molecule has 2 aromatic heterocycles. The standard InChI is InChI=1S/C12H15N5S/c1-2-14-10(9-13)6-8-18-12-16-15-11-5-3-4-7-17(11)12/h3-5,7,10,14H,2,6,8H2,1H3. The number of hydrogen-bond donors (Lipinski definition) is 1. The fraction of sp³-hybridized carbons (Fsp3) is 0.417. The highest BCUT2D eigenvalue weighted by molar-refractivity contribution is 7.99. The van der Waals surface area contributed by atoms with Crippen molar-refractivity contribution in [3.63, 3.8) is 0 Å². The van der Waals surface area contributed by atoms with Crippen molar-refractivity contribution in [3.05, 3.63) is 24.4 Å². The first kappa shape index (κ1) is 12.9. The molecule has 2 aromatic rings. The van der Waals surface area contributed by atoms with Gasteiger partial charge in [0.25, 0.3) is 0 Å². The summed E-state index contributed by atoms with van der Waals surface area (Å²) in [6, 6.07) is 7.99. The van der Waals surface area contributed by atoms with Crippen LogP contribution in [0.15, 0.2) is 29.6 Å². The van der Waals surface area contributed by atoms with Gasteiger partial charge in [-0.15, -0.1) is 10.2 Å². The van der Waals surface area contributed by atoms with Gasteiger partial charge in [0.05, 0.1) is 12.1 Å². The van der Waals surface area contributed by atoms with E-state index in [1.165, 1.54) is 0 Å². The lowest BCUT2D eigenvalue weighted by atomic mass is 10.2. The first-order valence-electron chi connectivity index (χ1n) is 5.90. The van der Waals surface area contributed by atoms with Crippen molar-refractivity contribution in [2.24, 2.45) is 0 Å². The van der Waals surface area contributed by atoms with Crippen molar-refractivity contribution >= 4 is 17.4 Å². The van der Waals surface area contributed by atoms with Crippen LogP contribution < -0.4 is 5.32 Å². The maximum atomic E-state index is 8.93. The summed E-state index contributed by atoms with van der Waals surface area (Å²) in [5, 5.41) is 21.2. The van der Waals surface area contributed by atoms with Gasteiger partial charge >= 0.3 is 0 Å². The first-order chi connectivity index (χ1) is 8.85. The van der Waals surface area contributed by atoms with Gasteiger partial charge in [0.1, 0.15) is 0 Å². The zero-order chi connectivity index (χ0) is 12.8. The maximum absolute atomic E-state index is 8.93. The largest absolute Gasteiger partial charge is 0.302 e. The van der Waals surface area contributed by atoms with Gasteiger partial charge in [-0.25, -0.2) is 0 Å². The van der Waals surface area contributed by atoms with E-state index in [9.17, 15) is 0 Å². The van der Waals surface area contributed by atoms with Crippen LogP contribution in [-0.4, -0.2) is 32.9 Å². The van der Waals surface area contributed by atoms with Gasteiger partial charge in [-0.05, 0) is 25.1 Å². The molecule has 1 unspecified atom stereocenters. The quantitative estimate of drug-likeness (QED) is 0.802. The van der Waals surface area contributed by atoms with Gasteiger partial charge in [-0.2, -0.15) is 5.26 Å². The van der Waals surface area contributed by atoms with Crippen LogP contribution >= 0.6 is 11.8 Å². The van der Waals surface area contributed by atoms with Crippen molar-refractivity contribution in [2.75, 3.05) is 12.3 Å². The molecule has 0 aliphatic carbocycles. The second kappa shape index (κ2) is 6.38. The summed E-state index contributed by atoms with van der Waals surface area (Å²) in [5.41, 5.74) is 0.850. The Kier molecular flexibility index (Phi) is 4.56. The molecule has 1 atom stereocenters. The molecule has 0 radical (unpaired) electrons. The second-order valence-electron chi connectivity index (χ2n) is 3.79. The minimum Gasteiger partial charge on any atom is -0.302 e. The molecule has 0 amide bonds. The molecule has 18 heavy (non-hydrogen) atoms. The number of nitriles is 1. The lowest BCUT2D eigenvalue weighted by Gasteiger charge is -2.08. The van der Waals surface area contributed by atoms with E-state index < -0.39 is 0 Å². The van der Waals surface area contributed by atoms with Crippen LogP contribution in [-0.2, 0) is 0 Å². The lowest BCUT2D eigenvalue weighted by molar-refractivity contribution is 0.612. The topological polar surface area (TPSA) is 66.0 Å². The van der Waals surface area contributed by atoms with Crippen LogP contribution in [0.4, 0.5) is 0 Å². The number of rotatable bonds is 6. The summed E-state index contributed by atoms with van der Waals surface area (Å²) in [5.74, 6) is 0.848. The van der Waals surface area contributed by atoms with Gasteiger partial charge in [-0.3, -0.25) is 4.40 Å². The van der Waals surface area contributed by atoms with E-state index in [0.29, 0.717) is 0 Å². The van der Waals surface area contributed by atoms with E-state index in [2.05, 4.69) is 21.6 Å². The molecule has 2 heterocycles. The predicted molar refractivity (Wildman–Crippen MR) is 71.4 cm³/mol. The number of fused-ring (bicyclic) bond motifs is 1. The Morgan fingerprint density at radius 1 is 1.50 bits per heavy atom. The van der Waals surface area contributed by atoms with Crippen LogP contribution in [0, 0.1) is 11.3 Å². The Morgan fingerprint density at radius 2 is 2.39 bits per heavy atom. The van der Waals surface area contributed by atoms with E-state index >= 15 is 0 Å². The highest BCUT2D eigenvalue weighted by atomic mass is 32.2. The Bertz CT molecular complexity index is 545. The Balaban J connectivity index is 1.92. The highest BCUT2D eigenvalue weighted by Gasteiger charge is 2.08. The van der Waals surface area contributed by atoms with Gasteiger partial charge in [-0.1, -0.05) is 24.8 Å². The number of nitrogens with one attached hydrogen (secondary N) is 1. The molecule has 2 rings (SSSR count). The summed E-state index contributed by atoms with van der Waals surface area (Å²) in [6.07, 6.45) is 2.75. The molecule has 0 aliphatic heterocycles. The van der Waals surface area contributed by atoms with Crippen LogP contribution in [0.5, 0.6) is 0 Å². The Hall–Kier alpha value is -1.58. The monoisotopic (exact) mass is 261 g/mol. The molecule has 0 aromatic carbocycles.